The highest BCUT2D eigenvalue weighted by molar-refractivity contribution is 6.36. The zero-order chi connectivity index (χ0) is 16.0. The molecule has 1 aromatic rings. The summed E-state index contributed by atoms with van der Waals surface area (Å²) in [6.07, 6.45) is 4.23. The zero-order valence-corrected chi connectivity index (χ0v) is 13.3. The first kappa shape index (κ1) is 14.7. The first-order valence-electron chi connectivity index (χ1n) is 8.04. The van der Waals surface area contributed by atoms with Crippen LogP contribution in [0.15, 0.2) is 29.4 Å². The van der Waals surface area contributed by atoms with Gasteiger partial charge in [0.15, 0.2) is 0 Å². The van der Waals surface area contributed by atoms with Crippen LogP contribution in [0.25, 0.3) is 0 Å². The first-order valence-corrected chi connectivity index (χ1v) is 8.42. The van der Waals surface area contributed by atoms with Gasteiger partial charge in [-0.15, -0.1) is 0 Å². The van der Waals surface area contributed by atoms with Gasteiger partial charge in [-0.2, -0.15) is 0 Å². The van der Waals surface area contributed by atoms with Gasteiger partial charge in [-0.1, -0.05) is 54.2 Å². The van der Waals surface area contributed by atoms with Crippen LogP contribution < -0.4 is 0 Å². The number of fused-ring (bicyclic) bond motifs is 1. The van der Waals surface area contributed by atoms with E-state index < -0.39 is 12.0 Å². The molecule has 1 aliphatic carbocycles. The largest absolute Gasteiger partial charge is 0.381 e. The van der Waals surface area contributed by atoms with Gasteiger partial charge in [-0.3, -0.25) is 14.5 Å². The predicted octanol–water partition coefficient (Wildman–Crippen LogP) is 2.76. The van der Waals surface area contributed by atoms with Gasteiger partial charge in [-0.05, 0) is 18.9 Å². The summed E-state index contributed by atoms with van der Waals surface area (Å²) in [7, 11) is 0. The third kappa shape index (κ3) is 2.26. The van der Waals surface area contributed by atoms with Gasteiger partial charge in [-0.25, -0.2) is 0 Å². The Bertz CT molecular complexity index is 697. The lowest BCUT2D eigenvalue weighted by Crippen LogP contribution is -2.43. The van der Waals surface area contributed by atoms with Crippen molar-refractivity contribution in [2.45, 2.75) is 44.2 Å². The molecular formula is C17H17ClN2O3. The SMILES string of the molecule is O=C1[C@H]2C(c3ccccc3Cl)=NO[C@H]2C(=O)N1C1CCCCC1. The predicted molar refractivity (Wildman–Crippen MR) is 85.1 cm³/mol. The number of likely N-dealkylation sites (tertiary alicyclic amines) is 1. The van der Waals surface area contributed by atoms with Crippen LogP contribution in [-0.4, -0.2) is 34.6 Å². The second-order valence-electron chi connectivity index (χ2n) is 6.30. The lowest BCUT2D eigenvalue weighted by Gasteiger charge is -2.29. The van der Waals surface area contributed by atoms with Crippen molar-refractivity contribution >= 4 is 29.1 Å². The Labute approximate surface area is 139 Å². The summed E-state index contributed by atoms with van der Waals surface area (Å²) in [5.74, 6) is -1.11. The monoisotopic (exact) mass is 332 g/mol. The molecule has 120 valence electrons. The fraction of sp³-hybridized carbons (Fsp3) is 0.471. The zero-order valence-electron chi connectivity index (χ0n) is 12.6. The van der Waals surface area contributed by atoms with Gasteiger partial charge < -0.3 is 4.84 Å². The summed E-state index contributed by atoms with van der Waals surface area (Å²) < 4.78 is 0. The number of benzene rings is 1. The third-order valence-corrected chi connectivity index (χ3v) is 5.27. The van der Waals surface area contributed by atoms with Crippen molar-refractivity contribution in [1.29, 1.82) is 0 Å². The fourth-order valence-corrected chi connectivity index (χ4v) is 4.02. The van der Waals surface area contributed by atoms with Crippen molar-refractivity contribution < 1.29 is 14.4 Å². The Hall–Kier alpha value is -1.88. The third-order valence-electron chi connectivity index (χ3n) is 4.94. The van der Waals surface area contributed by atoms with Gasteiger partial charge in [0.1, 0.15) is 11.6 Å². The van der Waals surface area contributed by atoms with E-state index in [0.29, 0.717) is 16.3 Å². The highest BCUT2D eigenvalue weighted by Crippen LogP contribution is 2.37. The number of hydrogen-bond acceptors (Lipinski definition) is 4. The van der Waals surface area contributed by atoms with Crippen molar-refractivity contribution in [3.8, 4) is 0 Å². The molecule has 2 amide bonds. The standard InChI is InChI=1S/C17H17ClN2O3/c18-12-9-5-4-8-11(12)14-13-15(23-19-14)17(22)20(16(13)21)10-6-2-1-3-7-10/h4-5,8-10,13,15H,1-3,6-7H2/t13-,15+/m0/s1. The van der Waals surface area contributed by atoms with E-state index in [0.717, 1.165) is 25.7 Å². The minimum absolute atomic E-state index is 0.00504. The highest BCUT2D eigenvalue weighted by atomic mass is 35.5. The molecule has 23 heavy (non-hydrogen) atoms. The molecule has 0 unspecified atom stereocenters. The minimum atomic E-state index is -0.823. The average molecular weight is 333 g/mol. The topological polar surface area (TPSA) is 59.0 Å². The van der Waals surface area contributed by atoms with Gasteiger partial charge >= 0.3 is 0 Å². The minimum Gasteiger partial charge on any atom is -0.381 e. The molecule has 3 aliphatic rings. The summed E-state index contributed by atoms with van der Waals surface area (Å²) in [6.45, 7) is 0. The molecule has 0 bridgehead atoms. The molecular weight excluding hydrogens is 316 g/mol. The van der Waals surface area contributed by atoms with Crippen LogP contribution in [-0.2, 0) is 14.4 Å². The summed E-state index contributed by atoms with van der Waals surface area (Å²) in [4.78, 5) is 32.3. The Morgan fingerprint density at radius 1 is 1.09 bits per heavy atom. The average Bonchev–Trinajstić information content (AvgIpc) is 3.10. The van der Waals surface area contributed by atoms with E-state index in [1.807, 2.05) is 12.1 Å². The van der Waals surface area contributed by atoms with E-state index in [4.69, 9.17) is 16.4 Å². The number of amides is 2. The van der Waals surface area contributed by atoms with Crippen molar-refractivity contribution in [2.75, 3.05) is 0 Å². The van der Waals surface area contributed by atoms with E-state index in [1.165, 1.54) is 11.3 Å². The van der Waals surface area contributed by atoms with Gasteiger partial charge in [0, 0.05) is 16.6 Å². The van der Waals surface area contributed by atoms with E-state index in [1.54, 1.807) is 12.1 Å². The number of rotatable bonds is 2. The van der Waals surface area contributed by atoms with Gasteiger partial charge in [0.2, 0.25) is 12.0 Å². The Kier molecular flexibility index (Phi) is 3.60. The van der Waals surface area contributed by atoms with E-state index in [-0.39, 0.29) is 17.9 Å². The molecule has 2 atom stereocenters. The summed E-state index contributed by atoms with van der Waals surface area (Å²) in [5.41, 5.74) is 1.13. The molecule has 6 heteroatoms. The fourth-order valence-electron chi connectivity index (χ4n) is 3.79. The number of carbonyl (C=O) groups is 2. The molecule has 4 rings (SSSR count). The van der Waals surface area contributed by atoms with Gasteiger partial charge in [0.25, 0.3) is 5.91 Å². The van der Waals surface area contributed by atoms with Crippen LogP contribution in [0.4, 0.5) is 0 Å². The lowest BCUT2D eigenvalue weighted by atomic mass is 9.93. The quantitative estimate of drug-likeness (QED) is 0.782. The number of oxime groups is 1. The summed E-state index contributed by atoms with van der Waals surface area (Å²) in [6, 6.07) is 7.19. The second kappa shape index (κ2) is 5.64. The van der Waals surface area contributed by atoms with Crippen molar-refractivity contribution in [3.63, 3.8) is 0 Å². The van der Waals surface area contributed by atoms with Crippen LogP contribution >= 0.6 is 11.6 Å². The van der Waals surface area contributed by atoms with E-state index in [9.17, 15) is 9.59 Å². The van der Waals surface area contributed by atoms with Crippen molar-refractivity contribution in [2.24, 2.45) is 11.1 Å². The molecule has 1 saturated carbocycles. The van der Waals surface area contributed by atoms with Crippen molar-refractivity contribution in [3.05, 3.63) is 34.9 Å². The maximum absolute atomic E-state index is 12.9. The Balaban J connectivity index is 1.65. The maximum atomic E-state index is 12.9. The normalized spacial score (nSPS) is 27.9. The van der Waals surface area contributed by atoms with Crippen LogP contribution in [0.1, 0.15) is 37.7 Å². The molecule has 1 saturated heterocycles. The molecule has 0 aromatic heterocycles. The molecule has 0 radical (unpaired) electrons. The number of nitrogens with zero attached hydrogens (tertiary/aromatic N) is 2. The highest BCUT2D eigenvalue weighted by Gasteiger charge is 2.57. The lowest BCUT2D eigenvalue weighted by molar-refractivity contribution is -0.145. The molecule has 5 nitrogen and oxygen atoms in total. The Morgan fingerprint density at radius 3 is 2.57 bits per heavy atom. The number of carbonyl (C=O) groups excluding carboxylic acids is 2. The molecule has 2 fully saturated rings. The van der Waals surface area contributed by atoms with Crippen LogP contribution in [0, 0.1) is 5.92 Å². The molecule has 2 aliphatic heterocycles. The van der Waals surface area contributed by atoms with Gasteiger partial charge in [0.05, 0.1) is 0 Å². The summed E-state index contributed by atoms with van der Waals surface area (Å²) in [5, 5.41) is 4.50. The second-order valence-corrected chi connectivity index (χ2v) is 6.71. The molecule has 0 N–H and O–H groups in total. The number of imide groups is 1. The molecule has 1 aromatic carbocycles. The molecule has 0 spiro atoms. The van der Waals surface area contributed by atoms with E-state index in [2.05, 4.69) is 5.16 Å². The number of halogens is 1. The first-order chi connectivity index (χ1) is 11.2. The molecule has 2 heterocycles. The Morgan fingerprint density at radius 2 is 1.83 bits per heavy atom. The van der Waals surface area contributed by atoms with Crippen molar-refractivity contribution in [1.82, 2.24) is 4.90 Å². The van der Waals surface area contributed by atoms with E-state index >= 15 is 0 Å². The van der Waals surface area contributed by atoms with Crippen LogP contribution in [0.5, 0.6) is 0 Å². The van der Waals surface area contributed by atoms with Crippen LogP contribution in [0.3, 0.4) is 0 Å². The maximum Gasteiger partial charge on any atom is 0.274 e. The smallest absolute Gasteiger partial charge is 0.274 e. The van der Waals surface area contributed by atoms with Crippen LogP contribution in [0.2, 0.25) is 5.02 Å². The summed E-state index contributed by atoms with van der Waals surface area (Å²) >= 11 is 6.22. The number of hydrogen-bond donors (Lipinski definition) is 0.